The number of ether oxygens (including phenoxy) is 4. The van der Waals surface area contributed by atoms with Crippen LogP contribution in [-0.2, 0) is 9.47 Å². The Balaban J connectivity index is 0.000000321. The van der Waals surface area contributed by atoms with Gasteiger partial charge < -0.3 is 29.0 Å². The normalized spacial score (nSPS) is 10.4. The van der Waals surface area contributed by atoms with Gasteiger partial charge in [-0.1, -0.05) is 0 Å². The third-order valence-electron chi connectivity index (χ3n) is 11.1. The number of hydrogen-bond acceptors (Lipinski definition) is 12. The maximum absolute atomic E-state index is 12.5. The van der Waals surface area contributed by atoms with E-state index in [0.717, 1.165) is 50.1 Å². The predicted molar refractivity (Wildman–Crippen MR) is 228 cm³/mol. The number of rotatable bonds is 8. The summed E-state index contributed by atoms with van der Waals surface area (Å²) in [6, 6.07) is 2.52. The molecule has 16 heteroatoms. The van der Waals surface area contributed by atoms with Gasteiger partial charge >= 0.3 is 19.1 Å². The summed E-state index contributed by atoms with van der Waals surface area (Å²) in [7, 11) is 4.14. The van der Waals surface area contributed by atoms with Crippen molar-refractivity contribution in [1.82, 2.24) is 0 Å². The fourth-order valence-corrected chi connectivity index (χ4v) is 7.29. The summed E-state index contributed by atoms with van der Waals surface area (Å²) in [5, 5.41) is 40.9. The molecule has 0 aliphatic carbocycles. The first-order valence-corrected chi connectivity index (χ1v) is 18.7. The molecule has 4 aromatic carbocycles. The summed E-state index contributed by atoms with van der Waals surface area (Å²) in [5.41, 5.74) is 12.6. The lowest BCUT2D eigenvalue weighted by Crippen LogP contribution is -2.35. The Bertz CT molecular complexity index is 2300. The number of nitrogens with zero attached hydrogens (tertiary/aromatic N) is 2. The number of hydrogen-bond donors (Lipinski definition) is 2. The zero-order chi connectivity index (χ0) is 44.8. The van der Waals surface area contributed by atoms with Gasteiger partial charge in [-0.25, -0.2) is 9.59 Å². The third-order valence-corrected chi connectivity index (χ3v) is 12.1. The minimum Gasteiger partial charge on any atom is -0.497 e. The second kappa shape index (κ2) is 19.9. The monoisotopic (exact) mass is 866 g/mol. The van der Waals surface area contributed by atoms with E-state index in [2.05, 4.69) is 20.7 Å². The molecule has 0 saturated carbocycles. The lowest BCUT2D eigenvalue weighted by molar-refractivity contribution is -0.385. The van der Waals surface area contributed by atoms with Crippen LogP contribution in [0.2, 0.25) is 0 Å². The highest BCUT2D eigenvalue weighted by atomic mass is 79.9. The van der Waals surface area contributed by atoms with Crippen LogP contribution in [0.5, 0.6) is 11.5 Å². The molecule has 4 aromatic rings. The van der Waals surface area contributed by atoms with E-state index in [1.807, 2.05) is 55.4 Å². The number of halogens is 1. The number of esters is 2. The molecule has 0 spiro atoms. The van der Waals surface area contributed by atoms with E-state index in [0.29, 0.717) is 49.3 Å². The fraction of sp³-hybridized carbons (Fsp3) is 0.381. The molecule has 0 bridgehead atoms. The van der Waals surface area contributed by atoms with Crippen LogP contribution in [0, 0.1) is 103 Å². The van der Waals surface area contributed by atoms with Gasteiger partial charge in [0.05, 0.1) is 49.4 Å². The van der Waals surface area contributed by atoms with E-state index in [9.17, 15) is 39.9 Å². The Kier molecular flexibility index (Phi) is 16.8. The van der Waals surface area contributed by atoms with Crippen molar-refractivity contribution in [1.29, 1.82) is 0 Å². The van der Waals surface area contributed by atoms with Crippen molar-refractivity contribution in [3.05, 3.63) is 115 Å². The van der Waals surface area contributed by atoms with Gasteiger partial charge in [-0.05, 0) is 155 Å². The molecule has 0 aliphatic heterocycles. The van der Waals surface area contributed by atoms with Crippen LogP contribution >= 0.6 is 15.9 Å². The maximum Gasteiger partial charge on any atom is 0.492 e. The van der Waals surface area contributed by atoms with Gasteiger partial charge in [-0.15, -0.1) is 0 Å². The molecule has 4 rings (SSSR count). The molecule has 312 valence electrons. The molecule has 0 fully saturated rings. The van der Waals surface area contributed by atoms with Gasteiger partial charge in [0.1, 0.15) is 11.5 Å². The molecular weight excluding hydrogens is 815 g/mol. The predicted octanol–water partition coefficient (Wildman–Crippen LogP) is 8.28. The zero-order valence-electron chi connectivity index (χ0n) is 36.0. The molecule has 0 unspecified atom stereocenters. The average molecular weight is 868 g/mol. The number of nitro benzene ring substituents is 2. The van der Waals surface area contributed by atoms with E-state index in [1.165, 1.54) is 26.4 Å². The number of carbonyl (C=O) groups excluding carboxylic acids is 2. The second-order valence-corrected chi connectivity index (χ2v) is 14.6. The lowest BCUT2D eigenvalue weighted by Gasteiger charge is -2.23. The quantitative estimate of drug-likeness (QED) is 0.0745. The molecule has 0 saturated heterocycles. The van der Waals surface area contributed by atoms with E-state index in [4.69, 9.17) is 14.2 Å². The van der Waals surface area contributed by atoms with Crippen LogP contribution in [0.25, 0.3) is 11.1 Å². The maximum atomic E-state index is 12.5. The van der Waals surface area contributed by atoms with Crippen LogP contribution in [0.15, 0.2) is 16.6 Å². The van der Waals surface area contributed by atoms with Crippen molar-refractivity contribution < 1.29 is 48.4 Å². The standard InChI is InChI=1S/C21H25NO5.C11H17BO3.C10H10BrNO4/c1-10-11(2)15(6)20(26-7)19(13(10)4)18-14(5)12(3)17(22(24)25)9-16(18)21(23)27-8;1-6-7(2)9(4)11(15-5)10(8(6)3)12(13)14;1-5-6(2)9(11)7(10(13)16-3)4-8(5)12(14)15/h9H,1-8H3;13-14H,1-5H3;4H,1-3H3. The zero-order valence-corrected chi connectivity index (χ0v) is 37.6. The molecule has 0 radical (unpaired) electrons. The Morgan fingerprint density at radius 2 is 0.897 bits per heavy atom. The highest BCUT2D eigenvalue weighted by Gasteiger charge is 2.29. The van der Waals surface area contributed by atoms with E-state index in [1.54, 1.807) is 41.9 Å². The molecule has 0 heterocycles. The second-order valence-electron chi connectivity index (χ2n) is 13.8. The van der Waals surface area contributed by atoms with Crippen LogP contribution < -0.4 is 14.9 Å². The molecule has 0 atom stereocenters. The highest BCUT2D eigenvalue weighted by Crippen LogP contribution is 2.45. The Morgan fingerprint density at radius 3 is 1.31 bits per heavy atom. The first-order valence-electron chi connectivity index (χ1n) is 17.9. The average Bonchev–Trinajstić information content (AvgIpc) is 3.18. The molecule has 0 aliphatic rings. The topological polar surface area (TPSA) is 198 Å². The van der Waals surface area contributed by atoms with Gasteiger partial charge in [0.2, 0.25) is 0 Å². The van der Waals surface area contributed by atoms with Gasteiger partial charge in [0.25, 0.3) is 11.4 Å². The van der Waals surface area contributed by atoms with Crippen molar-refractivity contribution in [2.75, 3.05) is 28.4 Å². The number of carbonyl (C=O) groups is 2. The van der Waals surface area contributed by atoms with E-state index >= 15 is 0 Å². The summed E-state index contributed by atoms with van der Waals surface area (Å²) in [5.74, 6) is 0.0225. The number of methoxy groups -OCH3 is 4. The Labute approximate surface area is 348 Å². The summed E-state index contributed by atoms with van der Waals surface area (Å²) in [6.07, 6.45) is 0. The Hall–Kier alpha value is -5.32. The van der Waals surface area contributed by atoms with Crippen LogP contribution in [0.4, 0.5) is 11.4 Å². The van der Waals surface area contributed by atoms with E-state index < -0.39 is 28.9 Å². The minimum atomic E-state index is -1.49. The van der Waals surface area contributed by atoms with Crippen molar-refractivity contribution in [3.8, 4) is 22.6 Å². The first kappa shape index (κ1) is 48.8. The van der Waals surface area contributed by atoms with Crippen LogP contribution in [0.1, 0.15) is 87.5 Å². The molecular formula is C42H52BBrN2O12. The van der Waals surface area contributed by atoms with Crippen molar-refractivity contribution >= 4 is 51.8 Å². The Morgan fingerprint density at radius 1 is 0.534 bits per heavy atom. The van der Waals surface area contributed by atoms with Crippen molar-refractivity contribution in [3.63, 3.8) is 0 Å². The summed E-state index contributed by atoms with van der Waals surface area (Å²) >= 11 is 3.23. The highest BCUT2D eigenvalue weighted by molar-refractivity contribution is 9.10. The minimum absolute atomic E-state index is 0.0823. The molecule has 0 aromatic heterocycles. The molecule has 58 heavy (non-hydrogen) atoms. The summed E-state index contributed by atoms with van der Waals surface area (Å²) < 4.78 is 20.9. The third kappa shape index (κ3) is 9.51. The van der Waals surface area contributed by atoms with Gasteiger partial charge in [0.15, 0.2) is 0 Å². The van der Waals surface area contributed by atoms with Crippen LogP contribution in [0.3, 0.4) is 0 Å². The van der Waals surface area contributed by atoms with Crippen molar-refractivity contribution in [2.24, 2.45) is 0 Å². The van der Waals surface area contributed by atoms with E-state index in [-0.39, 0.29) is 22.5 Å². The van der Waals surface area contributed by atoms with Crippen molar-refractivity contribution in [2.45, 2.75) is 83.1 Å². The molecule has 0 amide bonds. The SMILES string of the molecule is COC(=O)c1cc([N+](=O)[O-])c(C)c(C)c1-c1c(C)c(C)c(C)c(C)c1OC.COC(=O)c1cc([N+](=O)[O-])c(C)c(C)c1Br.COc1c(C)c(C)c(C)c(C)c1B(O)O. The van der Waals surface area contributed by atoms with Crippen LogP contribution in [-0.4, -0.2) is 67.4 Å². The molecule has 14 nitrogen and oxygen atoms in total. The number of benzene rings is 4. The fourth-order valence-electron chi connectivity index (χ4n) is 6.71. The first-order chi connectivity index (χ1) is 26.9. The van der Waals surface area contributed by atoms with Gasteiger partial charge in [0, 0.05) is 44.3 Å². The smallest absolute Gasteiger partial charge is 0.492 e. The van der Waals surface area contributed by atoms with Gasteiger partial charge in [-0.3, -0.25) is 20.2 Å². The van der Waals surface area contributed by atoms with Gasteiger partial charge in [-0.2, -0.15) is 0 Å². The lowest BCUT2D eigenvalue weighted by atomic mass is 9.73. The number of nitro groups is 2. The summed E-state index contributed by atoms with van der Waals surface area (Å²) in [6.45, 7) is 22.6. The molecule has 2 N–H and O–H groups in total. The summed E-state index contributed by atoms with van der Waals surface area (Å²) in [4.78, 5) is 45.2. The largest absolute Gasteiger partial charge is 0.497 e.